The third-order valence-electron chi connectivity index (χ3n) is 4.37. The van der Waals surface area contributed by atoms with Gasteiger partial charge in [-0.05, 0) is 34.1 Å². The van der Waals surface area contributed by atoms with Crippen molar-refractivity contribution in [3.63, 3.8) is 0 Å². The lowest BCUT2D eigenvalue weighted by molar-refractivity contribution is 0.00578. The average Bonchev–Trinajstić information content (AvgIpc) is 2.78. The molecule has 0 saturated carbocycles. The number of rotatable bonds is 1. The molecular weight excluding hydrogens is 246 g/mol. The van der Waals surface area contributed by atoms with Crippen LogP contribution in [0.1, 0.15) is 33.3 Å². The van der Waals surface area contributed by atoms with Crippen LogP contribution in [0.2, 0.25) is 5.82 Å². The molecular formula is C13H18BFN2O2. The van der Waals surface area contributed by atoms with Crippen LogP contribution in [-0.2, 0) is 15.7 Å². The van der Waals surface area contributed by atoms with E-state index in [1.165, 1.54) is 6.20 Å². The standard InChI is InChI=1S/C13H18BFN2O2/c1-12(2)13(3,4)19-14(18-12)8-5-9-10(15)7-17-11(9)16-6-8/h6-8,17H,5H2,1-4H3. The summed E-state index contributed by atoms with van der Waals surface area (Å²) in [6, 6.07) is 0. The molecule has 1 atom stereocenters. The number of nitrogens with zero attached hydrogens (tertiary/aromatic N) is 1. The fourth-order valence-electron chi connectivity index (χ4n) is 2.42. The molecule has 1 aromatic heterocycles. The number of aromatic nitrogens is 1. The molecule has 0 amide bonds. The van der Waals surface area contributed by atoms with Crippen molar-refractivity contribution in [1.29, 1.82) is 0 Å². The van der Waals surface area contributed by atoms with Gasteiger partial charge in [0.1, 0.15) is 11.6 Å². The van der Waals surface area contributed by atoms with Crippen LogP contribution in [0, 0.1) is 5.82 Å². The van der Waals surface area contributed by atoms with Crippen LogP contribution in [0.4, 0.5) is 10.2 Å². The highest BCUT2D eigenvalue weighted by molar-refractivity contribution is 6.51. The van der Waals surface area contributed by atoms with Crippen LogP contribution >= 0.6 is 0 Å². The number of hydrogen-bond acceptors (Lipinski definition) is 3. The third-order valence-corrected chi connectivity index (χ3v) is 4.37. The normalized spacial score (nSPS) is 27.6. The van der Waals surface area contributed by atoms with Gasteiger partial charge in [0.05, 0.1) is 11.2 Å². The highest BCUT2D eigenvalue weighted by Gasteiger charge is 2.53. The first-order valence-corrected chi connectivity index (χ1v) is 6.56. The maximum atomic E-state index is 13.6. The summed E-state index contributed by atoms with van der Waals surface area (Å²) in [4.78, 5) is 7.07. The minimum Gasteiger partial charge on any atom is -0.403 e. The zero-order chi connectivity index (χ0) is 13.8. The zero-order valence-corrected chi connectivity index (χ0v) is 11.7. The summed E-state index contributed by atoms with van der Waals surface area (Å²) in [5.74, 6) is 0.303. The Morgan fingerprint density at radius 3 is 2.58 bits per heavy atom. The molecule has 1 fully saturated rings. The van der Waals surface area contributed by atoms with Crippen LogP contribution in [0.5, 0.6) is 0 Å². The summed E-state index contributed by atoms with van der Waals surface area (Å²) in [7, 11) is -0.379. The second-order valence-corrected chi connectivity index (χ2v) is 6.23. The molecule has 1 saturated heterocycles. The Labute approximate surface area is 112 Å². The highest BCUT2D eigenvalue weighted by Crippen LogP contribution is 2.42. The number of aromatic amines is 1. The van der Waals surface area contributed by atoms with E-state index in [1.807, 2.05) is 27.7 Å². The molecule has 0 aliphatic carbocycles. The van der Waals surface area contributed by atoms with E-state index in [0.29, 0.717) is 17.8 Å². The number of nitrogens with one attached hydrogen (secondary N) is 1. The second-order valence-electron chi connectivity index (χ2n) is 6.23. The maximum Gasteiger partial charge on any atom is 0.467 e. The first kappa shape index (κ1) is 12.9. The van der Waals surface area contributed by atoms with Gasteiger partial charge in [-0.3, -0.25) is 0 Å². The Hall–Kier alpha value is -1.14. The summed E-state index contributed by atoms with van der Waals surface area (Å²) in [5, 5.41) is 0. The van der Waals surface area contributed by atoms with Gasteiger partial charge in [-0.1, -0.05) is 0 Å². The maximum absolute atomic E-state index is 13.6. The van der Waals surface area contributed by atoms with Gasteiger partial charge >= 0.3 is 7.12 Å². The fraction of sp³-hybridized carbons (Fsp3) is 0.615. The van der Waals surface area contributed by atoms with Gasteiger partial charge in [0, 0.05) is 23.8 Å². The van der Waals surface area contributed by atoms with Crippen molar-refractivity contribution in [3.8, 4) is 0 Å². The fourth-order valence-corrected chi connectivity index (χ4v) is 2.42. The van der Waals surface area contributed by atoms with E-state index in [9.17, 15) is 4.39 Å². The van der Waals surface area contributed by atoms with Gasteiger partial charge in [0.2, 0.25) is 0 Å². The molecule has 0 radical (unpaired) electrons. The molecule has 1 unspecified atom stereocenters. The average molecular weight is 264 g/mol. The van der Waals surface area contributed by atoms with Crippen LogP contribution in [0.25, 0.3) is 0 Å². The van der Waals surface area contributed by atoms with E-state index < -0.39 is 0 Å². The van der Waals surface area contributed by atoms with Gasteiger partial charge in [-0.25, -0.2) is 9.38 Å². The highest BCUT2D eigenvalue weighted by atomic mass is 19.1. The van der Waals surface area contributed by atoms with Crippen molar-refractivity contribution < 1.29 is 13.7 Å². The van der Waals surface area contributed by atoms with E-state index in [2.05, 4.69) is 9.98 Å². The molecule has 0 spiro atoms. The van der Waals surface area contributed by atoms with E-state index in [4.69, 9.17) is 9.31 Å². The molecule has 6 heteroatoms. The molecule has 0 aromatic carbocycles. The van der Waals surface area contributed by atoms with E-state index in [1.54, 1.807) is 6.21 Å². The van der Waals surface area contributed by atoms with Gasteiger partial charge in [-0.15, -0.1) is 0 Å². The predicted octanol–water partition coefficient (Wildman–Crippen LogP) is 2.87. The van der Waals surface area contributed by atoms with E-state index in [0.717, 1.165) is 0 Å². The Bertz CT molecular complexity index is 523. The molecule has 19 heavy (non-hydrogen) atoms. The SMILES string of the molecule is CC1(C)OB(C2C=Nc3[nH]cc(F)c3C2)OC1(C)C. The second kappa shape index (κ2) is 3.93. The predicted molar refractivity (Wildman–Crippen MR) is 72.4 cm³/mol. The number of aliphatic imine (C=N–C) groups is 1. The van der Waals surface area contributed by atoms with Gasteiger partial charge in [0.15, 0.2) is 0 Å². The molecule has 2 aliphatic heterocycles. The quantitative estimate of drug-likeness (QED) is 0.793. The summed E-state index contributed by atoms with van der Waals surface area (Å²) in [5.41, 5.74) is -0.132. The summed E-state index contributed by atoms with van der Waals surface area (Å²) in [6.07, 6.45) is 3.68. The topological polar surface area (TPSA) is 46.6 Å². The van der Waals surface area contributed by atoms with Crippen molar-refractivity contribution in [1.82, 2.24) is 4.98 Å². The van der Waals surface area contributed by atoms with Gasteiger partial charge in [0.25, 0.3) is 0 Å². The van der Waals surface area contributed by atoms with Crippen molar-refractivity contribution in [3.05, 3.63) is 17.6 Å². The molecule has 3 heterocycles. The number of halogens is 1. The van der Waals surface area contributed by atoms with Crippen LogP contribution in [0.3, 0.4) is 0 Å². The lowest BCUT2D eigenvalue weighted by atomic mass is 9.69. The Morgan fingerprint density at radius 1 is 1.32 bits per heavy atom. The Morgan fingerprint density at radius 2 is 1.95 bits per heavy atom. The molecule has 4 nitrogen and oxygen atoms in total. The van der Waals surface area contributed by atoms with Crippen LogP contribution < -0.4 is 0 Å². The van der Waals surface area contributed by atoms with Gasteiger partial charge in [-0.2, -0.15) is 0 Å². The van der Waals surface area contributed by atoms with E-state index in [-0.39, 0.29) is 30.0 Å². The lowest BCUT2D eigenvalue weighted by Gasteiger charge is -2.32. The molecule has 1 aromatic rings. The van der Waals surface area contributed by atoms with Crippen molar-refractivity contribution >= 4 is 19.2 Å². The Balaban J connectivity index is 1.82. The first-order valence-electron chi connectivity index (χ1n) is 6.56. The summed E-state index contributed by atoms with van der Waals surface area (Å²) >= 11 is 0. The lowest BCUT2D eigenvalue weighted by Crippen LogP contribution is -2.41. The smallest absolute Gasteiger partial charge is 0.403 e. The summed E-state index contributed by atoms with van der Waals surface area (Å²) < 4.78 is 25.6. The Kier molecular flexibility index (Phi) is 2.66. The monoisotopic (exact) mass is 264 g/mol. The van der Waals surface area contributed by atoms with Crippen molar-refractivity contribution in [2.24, 2.45) is 4.99 Å². The number of fused-ring (bicyclic) bond motifs is 1. The third kappa shape index (κ3) is 1.94. The zero-order valence-electron chi connectivity index (χ0n) is 11.7. The number of H-pyrrole nitrogens is 1. The molecule has 1 N–H and O–H groups in total. The molecule has 2 aliphatic rings. The van der Waals surface area contributed by atoms with Crippen LogP contribution in [0.15, 0.2) is 11.2 Å². The minimum absolute atomic E-state index is 0.0566. The largest absolute Gasteiger partial charge is 0.467 e. The van der Waals surface area contributed by atoms with Crippen molar-refractivity contribution in [2.45, 2.75) is 51.1 Å². The van der Waals surface area contributed by atoms with Crippen molar-refractivity contribution in [2.75, 3.05) is 0 Å². The molecule has 102 valence electrons. The number of hydrogen-bond donors (Lipinski definition) is 1. The summed E-state index contributed by atoms with van der Waals surface area (Å²) in [6.45, 7) is 8.04. The first-order chi connectivity index (χ1) is 8.80. The minimum atomic E-state index is -0.379. The molecule has 0 bridgehead atoms. The molecule has 3 rings (SSSR count). The van der Waals surface area contributed by atoms with Gasteiger partial charge < -0.3 is 14.3 Å². The van der Waals surface area contributed by atoms with Crippen LogP contribution in [-0.4, -0.2) is 29.5 Å². The van der Waals surface area contributed by atoms with E-state index >= 15 is 0 Å².